The van der Waals surface area contributed by atoms with Gasteiger partial charge in [-0.1, -0.05) is 0 Å². The van der Waals surface area contributed by atoms with Crippen molar-refractivity contribution in [1.29, 1.82) is 0 Å². The lowest BCUT2D eigenvalue weighted by Gasteiger charge is -2.21. The number of aromatic amines is 1. The van der Waals surface area contributed by atoms with Gasteiger partial charge in [-0.05, 0) is 32.3 Å². The zero-order valence-corrected chi connectivity index (χ0v) is 11.2. The fraction of sp³-hybridized carbons (Fsp3) is 0.571. The number of hydrogen-bond donors (Lipinski definition) is 1. The van der Waals surface area contributed by atoms with Crippen LogP contribution in [0, 0.1) is 0 Å². The Balaban J connectivity index is 1.76. The number of nitrogens with one attached hydrogen (secondary N) is 1. The maximum Gasteiger partial charge on any atom is 0.215 e. The first-order valence-corrected chi connectivity index (χ1v) is 6.95. The van der Waals surface area contributed by atoms with Crippen LogP contribution in [0.2, 0.25) is 0 Å². The molecule has 3 rings (SSSR count). The summed E-state index contributed by atoms with van der Waals surface area (Å²) in [5, 5.41) is 0. The van der Waals surface area contributed by atoms with Crippen molar-refractivity contribution in [2.45, 2.75) is 38.7 Å². The van der Waals surface area contributed by atoms with E-state index in [1.54, 1.807) is 0 Å². The van der Waals surface area contributed by atoms with Crippen molar-refractivity contribution in [3.63, 3.8) is 0 Å². The highest BCUT2D eigenvalue weighted by Crippen LogP contribution is 2.19. The molecule has 19 heavy (non-hydrogen) atoms. The van der Waals surface area contributed by atoms with Crippen molar-refractivity contribution < 1.29 is 9.47 Å². The number of rotatable bonds is 4. The van der Waals surface area contributed by atoms with E-state index in [0.717, 1.165) is 36.4 Å². The molecule has 1 atom stereocenters. The lowest BCUT2D eigenvalue weighted by molar-refractivity contribution is 0.0158. The molecule has 0 radical (unpaired) electrons. The first kappa shape index (κ1) is 12.4. The summed E-state index contributed by atoms with van der Waals surface area (Å²) in [7, 11) is 0. The van der Waals surface area contributed by atoms with Gasteiger partial charge in [-0.25, -0.2) is 4.98 Å². The highest BCUT2D eigenvalue weighted by molar-refractivity contribution is 5.71. The summed E-state index contributed by atoms with van der Waals surface area (Å²) in [5.74, 6) is 1.57. The van der Waals surface area contributed by atoms with Gasteiger partial charge in [0.1, 0.15) is 5.82 Å². The number of aromatic nitrogens is 3. The molecule has 2 aromatic heterocycles. The van der Waals surface area contributed by atoms with Crippen molar-refractivity contribution in [2.75, 3.05) is 13.2 Å². The number of hydrogen-bond acceptors (Lipinski definition) is 4. The van der Waals surface area contributed by atoms with Gasteiger partial charge < -0.3 is 14.5 Å². The quantitative estimate of drug-likeness (QED) is 0.918. The number of pyridine rings is 1. The number of imidazole rings is 1. The molecule has 1 N–H and O–H groups in total. The van der Waals surface area contributed by atoms with E-state index in [1.165, 1.54) is 12.8 Å². The molecule has 1 aliphatic rings. The van der Waals surface area contributed by atoms with Crippen molar-refractivity contribution in [1.82, 2.24) is 15.0 Å². The van der Waals surface area contributed by atoms with E-state index in [-0.39, 0.29) is 0 Å². The second kappa shape index (κ2) is 5.57. The maximum atomic E-state index is 5.74. The SMILES string of the molecule is CCOc1ccc2[nH]c(CC3CCCCO3)nc2n1. The Morgan fingerprint density at radius 3 is 3.11 bits per heavy atom. The predicted octanol–water partition coefficient (Wildman–Crippen LogP) is 2.47. The Bertz CT molecular complexity index is 547. The molecule has 0 spiro atoms. The normalized spacial score (nSPS) is 19.7. The summed E-state index contributed by atoms with van der Waals surface area (Å²) in [6.45, 7) is 3.44. The Hall–Kier alpha value is -1.62. The number of nitrogens with zero attached hydrogens (tertiary/aromatic N) is 2. The minimum Gasteiger partial charge on any atom is -0.478 e. The summed E-state index contributed by atoms with van der Waals surface area (Å²) in [6, 6.07) is 3.83. The molecule has 0 aliphatic carbocycles. The zero-order valence-electron chi connectivity index (χ0n) is 11.2. The largest absolute Gasteiger partial charge is 0.478 e. The topological polar surface area (TPSA) is 60.0 Å². The molecule has 1 fully saturated rings. The van der Waals surface area contributed by atoms with Crippen molar-refractivity contribution in [3.05, 3.63) is 18.0 Å². The minimum atomic E-state index is 0.292. The molecular weight excluding hydrogens is 242 g/mol. The van der Waals surface area contributed by atoms with Crippen molar-refractivity contribution in [3.8, 4) is 5.88 Å². The minimum absolute atomic E-state index is 0.292. The van der Waals surface area contributed by atoms with Crippen LogP contribution < -0.4 is 4.74 Å². The van der Waals surface area contributed by atoms with E-state index in [1.807, 2.05) is 19.1 Å². The Morgan fingerprint density at radius 2 is 2.32 bits per heavy atom. The average Bonchev–Trinajstić information content (AvgIpc) is 2.82. The number of H-pyrrole nitrogens is 1. The molecule has 0 saturated carbocycles. The molecule has 3 heterocycles. The molecule has 102 valence electrons. The molecule has 5 heteroatoms. The van der Waals surface area contributed by atoms with Crippen molar-refractivity contribution in [2.24, 2.45) is 0 Å². The Morgan fingerprint density at radius 1 is 1.37 bits per heavy atom. The summed E-state index contributed by atoms with van der Waals surface area (Å²) in [4.78, 5) is 12.2. The molecule has 5 nitrogen and oxygen atoms in total. The highest BCUT2D eigenvalue weighted by Gasteiger charge is 2.16. The predicted molar refractivity (Wildman–Crippen MR) is 72.4 cm³/mol. The van der Waals surface area contributed by atoms with Crippen LogP contribution in [0.3, 0.4) is 0 Å². The number of ether oxygens (including phenoxy) is 2. The summed E-state index contributed by atoms with van der Waals surface area (Å²) < 4.78 is 11.1. The summed E-state index contributed by atoms with van der Waals surface area (Å²) >= 11 is 0. The second-order valence-corrected chi connectivity index (χ2v) is 4.83. The van der Waals surface area contributed by atoms with Crippen LogP contribution in [0.25, 0.3) is 11.2 Å². The highest BCUT2D eigenvalue weighted by atomic mass is 16.5. The molecular formula is C14H19N3O2. The molecule has 1 saturated heterocycles. The molecule has 0 amide bonds. The van der Waals surface area contributed by atoms with Gasteiger partial charge in [-0.2, -0.15) is 4.98 Å². The number of fused-ring (bicyclic) bond motifs is 1. The molecule has 0 aromatic carbocycles. The van der Waals surface area contributed by atoms with Gasteiger partial charge in [0.05, 0.1) is 18.2 Å². The van der Waals surface area contributed by atoms with E-state index >= 15 is 0 Å². The van der Waals surface area contributed by atoms with Gasteiger partial charge in [0, 0.05) is 19.1 Å². The fourth-order valence-corrected chi connectivity index (χ4v) is 2.43. The standard InChI is InChI=1S/C14H19N3O2/c1-2-18-13-7-6-11-14(17-13)16-12(15-11)9-10-5-3-4-8-19-10/h6-7,10H,2-5,8-9H2,1H3,(H,15,16,17). The smallest absolute Gasteiger partial charge is 0.215 e. The van der Waals surface area contributed by atoms with Gasteiger partial charge in [-0.15, -0.1) is 0 Å². The van der Waals surface area contributed by atoms with Crippen molar-refractivity contribution >= 4 is 11.2 Å². The zero-order chi connectivity index (χ0) is 13.1. The summed E-state index contributed by atoms with van der Waals surface area (Å²) in [5.41, 5.74) is 1.67. The lowest BCUT2D eigenvalue weighted by Crippen LogP contribution is -2.21. The molecule has 2 aromatic rings. The molecule has 0 bridgehead atoms. The summed E-state index contributed by atoms with van der Waals surface area (Å²) in [6.07, 6.45) is 4.67. The van der Waals surface area contributed by atoms with Crippen LogP contribution in [0.4, 0.5) is 0 Å². The van der Waals surface area contributed by atoms with E-state index in [4.69, 9.17) is 9.47 Å². The van der Waals surface area contributed by atoms with Crippen LogP contribution in [0.15, 0.2) is 12.1 Å². The van der Waals surface area contributed by atoms with E-state index < -0.39 is 0 Å². The second-order valence-electron chi connectivity index (χ2n) is 4.83. The third-order valence-electron chi connectivity index (χ3n) is 3.36. The third-order valence-corrected chi connectivity index (χ3v) is 3.36. The van der Waals surface area contributed by atoms with Crippen LogP contribution >= 0.6 is 0 Å². The molecule has 1 aliphatic heterocycles. The van der Waals surface area contributed by atoms with E-state index in [9.17, 15) is 0 Å². The van der Waals surface area contributed by atoms with Gasteiger partial charge >= 0.3 is 0 Å². The monoisotopic (exact) mass is 261 g/mol. The van der Waals surface area contributed by atoms with E-state index in [2.05, 4.69) is 15.0 Å². The van der Waals surface area contributed by atoms with Crippen LogP contribution in [0.1, 0.15) is 32.0 Å². The lowest BCUT2D eigenvalue weighted by atomic mass is 10.1. The van der Waals surface area contributed by atoms with Crippen LogP contribution in [0.5, 0.6) is 5.88 Å². The fourth-order valence-electron chi connectivity index (χ4n) is 2.43. The third kappa shape index (κ3) is 2.87. The van der Waals surface area contributed by atoms with E-state index in [0.29, 0.717) is 18.6 Å². The average molecular weight is 261 g/mol. The maximum absolute atomic E-state index is 5.74. The van der Waals surface area contributed by atoms with Gasteiger partial charge in [0.15, 0.2) is 5.65 Å². The first-order valence-electron chi connectivity index (χ1n) is 6.95. The Labute approximate surface area is 112 Å². The first-order chi connectivity index (χ1) is 9.35. The van der Waals surface area contributed by atoms with Gasteiger partial charge in [0.2, 0.25) is 5.88 Å². The van der Waals surface area contributed by atoms with Crippen LogP contribution in [-0.4, -0.2) is 34.3 Å². The van der Waals surface area contributed by atoms with Crippen LogP contribution in [-0.2, 0) is 11.2 Å². The Kier molecular flexibility index (Phi) is 3.64. The van der Waals surface area contributed by atoms with Gasteiger partial charge in [-0.3, -0.25) is 0 Å². The molecule has 1 unspecified atom stereocenters. The van der Waals surface area contributed by atoms with Gasteiger partial charge in [0.25, 0.3) is 0 Å².